The lowest BCUT2D eigenvalue weighted by Gasteiger charge is -2.36. The molecule has 2 atom stereocenters. The van der Waals surface area contributed by atoms with Crippen molar-refractivity contribution >= 4 is 17.2 Å². The molecule has 3 N–H and O–H groups in total. The van der Waals surface area contributed by atoms with Crippen LogP contribution in [0.3, 0.4) is 0 Å². The maximum atomic E-state index is 12.6. The van der Waals surface area contributed by atoms with Crippen molar-refractivity contribution in [3.8, 4) is 0 Å². The maximum absolute atomic E-state index is 12.6. The molecule has 2 aromatic rings. The zero-order chi connectivity index (χ0) is 17.6. The van der Waals surface area contributed by atoms with Gasteiger partial charge in [0, 0.05) is 5.56 Å². The molecule has 1 aromatic carbocycles. The van der Waals surface area contributed by atoms with Crippen LogP contribution in [0, 0.1) is 0 Å². The molecule has 0 bridgehead atoms. The second kappa shape index (κ2) is 8.61. The van der Waals surface area contributed by atoms with E-state index in [0.717, 1.165) is 18.7 Å². The Morgan fingerprint density at radius 2 is 1.84 bits per heavy atom. The highest BCUT2D eigenvalue weighted by atomic mass is 32.1. The number of hydrogen-bond acceptors (Lipinski definition) is 2. The molecule has 1 aliphatic heterocycles. The van der Waals surface area contributed by atoms with Crippen LogP contribution in [0.15, 0.2) is 47.8 Å². The topological polar surface area (TPSA) is 38.0 Å². The molecular weight excluding hydrogens is 330 g/mol. The van der Waals surface area contributed by atoms with Gasteiger partial charge in [-0.25, -0.2) is 0 Å². The smallest absolute Gasteiger partial charge is 0.251 e. The van der Waals surface area contributed by atoms with Gasteiger partial charge in [0.1, 0.15) is 32.2 Å². The second-order valence-corrected chi connectivity index (χ2v) is 7.86. The standard InChI is InChI=1S/C20H27N3OS/c1-3-22-11-13-23(14-12-22)19(18-10-7-15-25-18)16(2)21-20(24)17-8-5-4-6-9-17/h4-10,15-16,19H,3,11-14H2,1-2H3,(H,21,24)/p+2/t16-,19+/m0/s1. The fourth-order valence-electron chi connectivity index (χ4n) is 3.82. The van der Waals surface area contributed by atoms with Crippen LogP contribution in [0.5, 0.6) is 0 Å². The minimum atomic E-state index is 0.0203. The number of likely N-dealkylation sites (N-methyl/N-ethyl adjacent to an activating group) is 1. The van der Waals surface area contributed by atoms with Gasteiger partial charge < -0.3 is 15.1 Å². The molecule has 0 spiro atoms. The molecule has 134 valence electrons. The molecule has 0 radical (unpaired) electrons. The van der Waals surface area contributed by atoms with Gasteiger partial charge in [0.25, 0.3) is 5.91 Å². The van der Waals surface area contributed by atoms with E-state index in [9.17, 15) is 4.79 Å². The number of carbonyl (C=O) groups excluding carboxylic acids is 1. The van der Waals surface area contributed by atoms with E-state index in [-0.39, 0.29) is 11.9 Å². The molecule has 25 heavy (non-hydrogen) atoms. The van der Waals surface area contributed by atoms with E-state index in [1.165, 1.54) is 24.5 Å². The fraction of sp³-hybridized carbons (Fsp3) is 0.450. The van der Waals surface area contributed by atoms with Crippen LogP contribution in [0.4, 0.5) is 0 Å². The van der Waals surface area contributed by atoms with Crippen molar-refractivity contribution in [3.05, 3.63) is 58.3 Å². The first kappa shape index (κ1) is 18.1. The third-order valence-electron chi connectivity index (χ3n) is 5.28. The second-order valence-electron chi connectivity index (χ2n) is 6.88. The number of rotatable bonds is 6. The van der Waals surface area contributed by atoms with Gasteiger partial charge in [0.15, 0.2) is 0 Å². The van der Waals surface area contributed by atoms with Crippen molar-refractivity contribution in [2.45, 2.75) is 25.9 Å². The van der Waals surface area contributed by atoms with Crippen LogP contribution >= 0.6 is 11.3 Å². The summed E-state index contributed by atoms with van der Waals surface area (Å²) >= 11 is 1.80. The summed E-state index contributed by atoms with van der Waals surface area (Å²) in [6, 6.07) is 14.3. The monoisotopic (exact) mass is 359 g/mol. The van der Waals surface area contributed by atoms with E-state index in [1.54, 1.807) is 21.1 Å². The highest BCUT2D eigenvalue weighted by molar-refractivity contribution is 7.10. The van der Waals surface area contributed by atoms with E-state index >= 15 is 0 Å². The minimum Gasteiger partial charge on any atom is -0.343 e. The number of thiophene rings is 1. The summed E-state index contributed by atoms with van der Waals surface area (Å²) < 4.78 is 0. The maximum Gasteiger partial charge on any atom is 0.251 e. The molecule has 4 nitrogen and oxygen atoms in total. The lowest BCUT2D eigenvalue weighted by Crippen LogP contribution is -3.28. The Bertz CT molecular complexity index is 651. The predicted molar refractivity (Wildman–Crippen MR) is 102 cm³/mol. The number of benzene rings is 1. The fourth-order valence-corrected chi connectivity index (χ4v) is 4.81. The molecule has 1 aliphatic rings. The summed E-state index contributed by atoms with van der Waals surface area (Å²) in [5.74, 6) is 0.0203. The van der Waals surface area contributed by atoms with Gasteiger partial charge in [-0.3, -0.25) is 4.79 Å². The van der Waals surface area contributed by atoms with E-state index in [0.29, 0.717) is 6.04 Å². The van der Waals surface area contributed by atoms with Crippen LogP contribution in [-0.2, 0) is 0 Å². The van der Waals surface area contributed by atoms with Crippen molar-refractivity contribution in [1.82, 2.24) is 5.32 Å². The van der Waals surface area contributed by atoms with Crippen LogP contribution in [0.2, 0.25) is 0 Å². The van der Waals surface area contributed by atoms with Gasteiger partial charge in [0.05, 0.1) is 17.5 Å². The van der Waals surface area contributed by atoms with Crippen LogP contribution in [-0.4, -0.2) is 44.7 Å². The zero-order valence-corrected chi connectivity index (χ0v) is 15.9. The molecule has 1 saturated heterocycles. The number of quaternary nitrogens is 2. The van der Waals surface area contributed by atoms with Crippen molar-refractivity contribution in [2.24, 2.45) is 0 Å². The van der Waals surface area contributed by atoms with Crippen molar-refractivity contribution in [3.63, 3.8) is 0 Å². The summed E-state index contributed by atoms with van der Waals surface area (Å²) in [6.45, 7) is 10.4. The van der Waals surface area contributed by atoms with Crippen molar-refractivity contribution < 1.29 is 14.6 Å². The Kier molecular flexibility index (Phi) is 6.24. The number of amides is 1. The Hall–Kier alpha value is -1.69. The Morgan fingerprint density at radius 3 is 2.44 bits per heavy atom. The molecule has 0 unspecified atom stereocenters. The summed E-state index contributed by atoms with van der Waals surface area (Å²) in [6.07, 6.45) is 0. The zero-order valence-electron chi connectivity index (χ0n) is 15.1. The van der Waals surface area contributed by atoms with Gasteiger partial charge in [-0.15, -0.1) is 11.3 Å². The average Bonchev–Trinajstić information content (AvgIpc) is 3.17. The highest BCUT2D eigenvalue weighted by Gasteiger charge is 2.35. The minimum absolute atomic E-state index is 0.0203. The molecule has 1 fully saturated rings. The Balaban J connectivity index is 1.72. The van der Waals surface area contributed by atoms with Crippen LogP contribution in [0.25, 0.3) is 0 Å². The van der Waals surface area contributed by atoms with Crippen LogP contribution in [0.1, 0.15) is 35.1 Å². The molecule has 5 heteroatoms. The first-order chi connectivity index (χ1) is 12.2. The summed E-state index contributed by atoms with van der Waals surface area (Å²) in [5.41, 5.74) is 0.731. The van der Waals surface area contributed by atoms with E-state index in [2.05, 4.69) is 36.7 Å². The highest BCUT2D eigenvalue weighted by Crippen LogP contribution is 2.20. The number of carbonyl (C=O) groups is 1. The predicted octanol–water partition coefficient (Wildman–Crippen LogP) is 0.411. The van der Waals surface area contributed by atoms with Gasteiger partial charge in [-0.05, 0) is 37.4 Å². The molecule has 3 rings (SSSR count). The molecular formula is C20H29N3OS+2. The van der Waals surface area contributed by atoms with Gasteiger partial charge in [-0.2, -0.15) is 0 Å². The first-order valence-electron chi connectivity index (χ1n) is 9.26. The molecule has 2 heterocycles. The van der Waals surface area contributed by atoms with Gasteiger partial charge in [-0.1, -0.05) is 24.3 Å². The third-order valence-corrected chi connectivity index (χ3v) is 6.24. The largest absolute Gasteiger partial charge is 0.343 e. The Morgan fingerprint density at radius 1 is 1.12 bits per heavy atom. The normalized spacial score (nSPS) is 23.0. The lowest BCUT2D eigenvalue weighted by molar-refractivity contribution is -1.03. The quantitative estimate of drug-likeness (QED) is 0.687. The SMILES string of the molecule is CC[NH+]1CC[NH+]([C@@H](c2cccs2)[C@H](C)NC(=O)c2ccccc2)CC1. The van der Waals surface area contributed by atoms with E-state index in [4.69, 9.17) is 0 Å². The molecule has 0 saturated carbocycles. The van der Waals surface area contributed by atoms with Crippen molar-refractivity contribution in [1.29, 1.82) is 0 Å². The number of nitrogens with one attached hydrogen (secondary N) is 3. The Labute approximate surface area is 154 Å². The van der Waals surface area contributed by atoms with Gasteiger partial charge >= 0.3 is 0 Å². The van der Waals surface area contributed by atoms with E-state index in [1.807, 2.05) is 30.3 Å². The number of piperazine rings is 1. The summed E-state index contributed by atoms with van der Waals surface area (Å²) in [5, 5.41) is 5.39. The lowest BCUT2D eigenvalue weighted by atomic mass is 10.0. The number of hydrogen-bond donors (Lipinski definition) is 3. The first-order valence-corrected chi connectivity index (χ1v) is 10.1. The summed E-state index contributed by atoms with van der Waals surface area (Å²) in [4.78, 5) is 17.2. The van der Waals surface area contributed by atoms with E-state index < -0.39 is 0 Å². The van der Waals surface area contributed by atoms with Crippen LogP contribution < -0.4 is 15.1 Å². The molecule has 0 aliphatic carbocycles. The average molecular weight is 360 g/mol. The summed E-state index contributed by atoms with van der Waals surface area (Å²) in [7, 11) is 0. The third kappa shape index (κ3) is 4.48. The van der Waals surface area contributed by atoms with Crippen molar-refractivity contribution in [2.75, 3.05) is 32.7 Å². The molecule has 1 aromatic heterocycles. The van der Waals surface area contributed by atoms with Gasteiger partial charge in [0.2, 0.25) is 0 Å². The molecule has 1 amide bonds.